The van der Waals surface area contributed by atoms with Crippen molar-refractivity contribution in [2.45, 2.75) is 46.3 Å². The molecule has 0 saturated carbocycles. The largest absolute Gasteiger partial charge is 0.352 e. The van der Waals surface area contributed by atoms with Crippen LogP contribution in [0.3, 0.4) is 0 Å². The summed E-state index contributed by atoms with van der Waals surface area (Å²) in [5.74, 6) is -1.05. The number of hydrogen-bond donors (Lipinski definition) is 1. The Hall–Kier alpha value is -3.18. The molecule has 0 aromatic heterocycles. The Morgan fingerprint density at radius 3 is 2.23 bits per heavy atom. The van der Waals surface area contributed by atoms with E-state index in [1.165, 1.54) is 17.0 Å². The zero-order chi connectivity index (χ0) is 26.5. The van der Waals surface area contributed by atoms with Crippen LogP contribution in [0.4, 0.5) is 11.4 Å². The van der Waals surface area contributed by atoms with Crippen molar-refractivity contribution in [1.29, 1.82) is 0 Å². The van der Waals surface area contributed by atoms with Crippen LogP contribution in [0.25, 0.3) is 0 Å². The zero-order valence-electron chi connectivity index (χ0n) is 20.2. The summed E-state index contributed by atoms with van der Waals surface area (Å²) in [5, 5.41) is 14.5. The first kappa shape index (κ1) is 28.1. The van der Waals surface area contributed by atoms with Gasteiger partial charge in [0.15, 0.2) is 0 Å². The van der Waals surface area contributed by atoms with Gasteiger partial charge >= 0.3 is 0 Å². The highest BCUT2D eigenvalue weighted by molar-refractivity contribution is 7.92. The number of nitrogens with one attached hydrogen (secondary N) is 1. The quantitative estimate of drug-likeness (QED) is 0.375. The van der Waals surface area contributed by atoms with E-state index in [0.29, 0.717) is 16.1 Å². The number of hydrogen-bond acceptors (Lipinski definition) is 6. The molecule has 0 heterocycles. The molecule has 190 valence electrons. The first-order chi connectivity index (χ1) is 16.2. The van der Waals surface area contributed by atoms with E-state index in [-0.39, 0.29) is 24.0 Å². The van der Waals surface area contributed by atoms with E-state index in [1.54, 1.807) is 52.0 Å². The third-order valence-corrected chi connectivity index (χ3v) is 6.59. The van der Waals surface area contributed by atoms with Gasteiger partial charge in [-0.1, -0.05) is 29.8 Å². The normalized spacial score (nSPS) is 12.2. The number of rotatable bonds is 10. The number of carbonyl (C=O) groups is 2. The van der Waals surface area contributed by atoms with Gasteiger partial charge in [-0.2, -0.15) is 0 Å². The van der Waals surface area contributed by atoms with Gasteiger partial charge in [-0.25, -0.2) is 8.42 Å². The van der Waals surface area contributed by atoms with Crippen molar-refractivity contribution in [3.05, 3.63) is 68.7 Å². The summed E-state index contributed by atoms with van der Waals surface area (Å²) < 4.78 is 26.1. The molecule has 0 bridgehead atoms. The lowest BCUT2D eigenvalue weighted by atomic mass is 10.1. The van der Waals surface area contributed by atoms with Crippen LogP contribution in [0.15, 0.2) is 42.5 Å². The Bertz CT molecular complexity index is 1200. The number of aryl methyl sites for hydroxylation is 1. The van der Waals surface area contributed by atoms with Crippen molar-refractivity contribution in [3.8, 4) is 0 Å². The molecule has 2 aromatic carbocycles. The summed E-state index contributed by atoms with van der Waals surface area (Å²) in [7, 11) is -4.01. The van der Waals surface area contributed by atoms with Crippen LogP contribution in [0.5, 0.6) is 0 Å². The highest BCUT2D eigenvalue weighted by Gasteiger charge is 2.31. The zero-order valence-corrected chi connectivity index (χ0v) is 21.8. The molecule has 0 aliphatic rings. The van der Waals surface area contributed by atoms with Crippen molar-refractivity contribution in [2.24, 2.45) is 0 Å². The Balaban J connectivity index is 2.47. The van der Waals surface area contributed by atoms with Gasteiger partial charge in [0.1, 0.15) is 12.6 Å². The van der Waals surface area contributed by atoms with Gasteiger partial charge in [0.2, 0.25) is 21.8 Å². The lowest BCUT2D eigenvalue weighted by Gasteiger charge is -2.32. The molecule has 1 N–H and O–H groups in total. The maximum atomic E-state index is 13.5. The number of nitrogens with zero attached hydrogens (tertiary/aromatic N) is 3. The van der Waals surface area contributed by atoms with Crippen LogP contribution in [0, 0.1) is 17.0 Å². The lowest BCUT2D eigenvalue weighted by molar-refractivity contribution is -0.384. The summed E-state index contributed by atoms with van der Waals surface area (Å²) in [6, 6.07) is 9.39. The SMILES string of the molecule is Cc1ccc([N+](=O)[O-])cc1N(CC(=O)N(Cc1ccc(Cl)cc1)[C@H](C)C(=O)NC(C)C)S(C)(=O)=O. The highest BCUT2D eigenvalue weighted by atomic mass is 35.5. The first-order valence-electron chi connectivity index (χ1n) is 10.8. The van der Waals surface area contributed by atoms with Gasteiger partial charge in [0.25, 0.3) is 5.69 Å². The van der Waals surface area contributed by atoms with Gasteiger partial charge in [-0.3, -0.25) is 24.0 Å². The predicted molar refractivity (Wildman–Crippen MR) is 135 cm³/mol. The van der Waals surface area contributed by atoms with E-state index in [4.69, 9.17) is 11.6 Å². The smallest absolute Gasteiger partial charge is 0.271 e. The molecule has 0 aliphatic carbocycles. The molecule has 0 radical (unpaired) electrons. The average molecular weight is 525 g/mol. The fraction of sp³-hybridized carbons (Fsp3) is 0.391. The minimum Gasteiger partial charge on any atom is -0.352 e. The van der Waals surface area contributed by atoms with E-state index in [2.05, 4.69) is 5.32 Å². The summed E-state index contributed by atoms with van der Waals surface area (Å²) in [6.07, 6.45) is 0.914. The van der Waals surface area contributed by atoms with Crippen LogP contribution in [-0.4, -0.2) is 54.9 Å². The molecule has 0 spiro atoms. The first-order valence-corrected chi connectivity index (χ1v) is 13.0. The maximum absolute atomic E-state index is 13.5. The highest BCUT2D eigenvalue weighted by Crippen LogP contribution is 2.28. The van der Waals surface area contributed by atoms with Crippen LogP contribution >= 0.6 is 11.6 Å². The monoisotopic (exact) mass is 524 g/mol. The molecule has 2 aromatic rings. The fourth-order valence-electron chi connectivity index (χ4n) is 3.35. The molecule has 35 heavy (non-hydrogen) atoms. The van der Waals surface area contributed by atoms with Gasteiger partial charge in [-0.15, -0.1) is 0 Å². The lowest BCUT2D eigenvalue weighted by Crippen LogP contribution is -2.52. The number of non-ortho nitro benzene ring substituents is 1. The summed E-state index contributed by atoms with van der Waals surface area (Å²) >= 11 is 5.95. The Labute approximate surface area is 210 Å². The Morgan fingerprint density at radius 1 is 1.11 bits per heavy atom. The van der Waals surface area contributed by atoms with Gasteiger partial charge in [0.05, 0.1) is 16.9 Å². The van der Waals surface area contributed by atoms with Gasteiger partial charge < -0.3 is 10.2 Å². The van der Waals surface area contributed by atoms with Gasteiger partial charge in [-0.05, 0) is 51.0 Å². The average Bonchev–Trinajstić information content (AvgIpc) is 2.75. The summed E-state index contributed by atoms with van der Waals surface area (Å²) in [6.45, 7) is 6.08. The van der Waals surface area contributed by atoms with Crippen LogP contribution in [0.2, 0.25) is 5.02 Å². The Kier molecular flexibility index (Phi) is 9.22. The molecule has 2 amide bonds. The van der Waals surface area contributed by atoms with E-state index in [1.807, 2.05) is 0 Å². The van der Waals surface area contributed by atoms with Crippen molar-refractivity contribution in [1.82, 2.24) is 10.2 Å². The molecule has 12 heteroatoms. The van der Waals surface area contributed by atoms with E-state index in [9.17, 15) is 28.1 Å². The second-order valence-electron chi connectivity index (χ2n) is 8.48. The van der Waals surface area contributed by atoms with Crippen molar-refractivity contribution >= 4 is 44.8 Å². The van der Waals surface area contributed by atoms with Crippen molar-refractivity contribution in [2.75, 3.05) is 17.1 Å². The molecule has 0 saturated heterocycles. The predicted octanol–water partition coefficient (Wildman–Crippen LogP) is 3.26. The number of amides is 2. The maximum Gasteiger partial charge on any atom is 0.271 e. The molecule has 0 fully saturated rings. The molecule has 1 atom stereocenters. The van der Waals surface area contributed by atoms with Crippen molar-refractivity contribution < 1.29 is 22.9 Å². The number of nitro groups is 1. The third-order valence-electron chi connectivity index (χ3n) is 5.22. The number of halogens is 1. The second-order valence-corrected chi connectivity index (χ2v) is 10.8. The number of anilines is 1. The van der Waals surface area contributed by atoms with E-state index in [0.717, 1.165) is 16.6 Å². The molecule has 10 nitrogen and oxygen atoms in total. The second kappa shape index (κ2) is 11.5. The standard InChI is InChI=1S/C23H29ClN4O6S/c1-15(2)25-23(30)17(4)26(13-18-7-9-19(24)10-8-18)22(29)14-27(35(5,33)34)21-12-20(28(31)32)11-6-16(21)3/h6-12,15,17H,13-14H2,1-5H3,(H,25,30)/t17-/m1/s1. The summed E-state index contributed by atoms with van der Waals surface area (Å²) in [5.41, 5.74) is 0.822. The number of sulfonamides is 1. The van der Waals surface area contributed by atoms with Crippen molar-refractivity contribution in [3.63, 3.8) is 0 Å². The molecule has 0 aliphatic heterocycles. The Morgan fingerprint density at radius 2 is 1.71 bits per heavy atom. The molecule has 0 unspecified atom stereocenters. The number of carbonyl (C=O) groups excluding carboxylic acids is 2. The fourth-order valence-corrected chi connectivity index (χ4v) is 4.37. The topological polar surface area (TPSA) is 130 Å². The van der Waals surface area contributed by atoms with Crippen LogP contribution in [0.1, 0.15) is 31.9 Å². The van der Waals surface area contributed by atoms with E-state index >= 15 is 0 Å². The molecular formula is C23H29ClN4O6S. The third kappa shape index (κ3) is 7.66. The van der Waals surface area contributed by atoms with Crippen LogP contribution < -0.4 is 9.62 Å². The molecule has 2 rings (SSSR count). The number of benzene rings is 2. The summed E-state index contributed by atoms with van der Waals surface area (Å²) in [4.78, 5) is 38.1. The van der Waals surface area contributed by atoms with Gasteiger partial charge in [0, 0.05) is 29.7 Å². The van der Waals surface area contributed by atoms with Crippen LogP contribution in [-0.2, 0) is 26.2 Å². The molecular weight excluding hydrogens is 496 g/mol. The number of nitro benzene ring substituents is 1. The minimum atomic E-state index is -4.01. The minimum absolute atomic E-state index is 0.0146. The van der Waals surface area contributed by atoms with E-state index < -0.39 is 39.3 Å².